The molecule has 2 rings (SSSR count). The van der Waals surface area contributed by atoms with Gasteiger partial charge in [0.05, 0.1) is 0 Å². The molecule has 0 spiro atoms. The minimum atomic E-state index is -0.881. The molecular formula is C18H20N2O4S. The van der Waals surface area contributed by atoms with Crippen molar-refractivity contribution in [3.05, 3.63) is 52.7 Å². The number of nitrogens with one attached hydrogen (secondary N) is 2. The summed E-state index contributed by atoms with van der Waals surface area (Å²) >= 11 is 1.45. The average Bonchev–Trinajstić information content (AvgIpc) is 3.14. The van der Waals surface area contributed by atoms with E-state index >= 15 is 0 Å². The zero-order valence-electron chi connectivity index (χ0n) is 13.9. The summed E-state index contributed by atoms with van der Waals surface area (Å²) in [5.41, 5.74) is 1.25. The topological polar surface area (TPSA) is 84.5 Å². The third-order valence-electron chi connectivity index (χ3n) is 3.35. The van der Waals surface area contributed by atoms with E-state index < -0.39 is 12.1 Å². The van der Waals surface area contributed by atoms with Gasteiger partial charge in [-0.1, -0.05) is 18.2 Å². The van der Waals surface area contributed by atoms with Gasteiger partial charge >= 0.3 is 5.97 Å². The average molecular weight is 360 g/mol. The van der Waals surface area contributed by atoms with Gasteiger partial charge in [0.25, 0.3) is 11.8 Å². The third kappa shape index (κ3) is 6.39. The molecule has 132 valence electrons. The normalized spacial score (nSPS) is 11.4. The van der Waals surface area contributed by atoms with E-state index in [-0.39, 0.29) is 18.2 Å². The van der Waals surface area contributed by atoms with Crippen molar-refractivity contribution in [1.82, 2.24) is 5.32 Å². The lowest BCUT2D eigenvalue weighted by atomic mass is 10.2. The molecular weight excluding hydrogens is 340 g/mol. The van der Waals surface area contributed by atoms with E-state index in [9.17, 15) is 14.4 Å². The van der Waals surface area contributed by atoms with Crippen LogP contribution in [0.3, 0.4) is 0 Å². The Kier molecular flexibility index (Phi) is 7.16. The summed E-state index contributed by atoms with van der Waals surface area (Å²) in [6.07, 6.45) is -0.303. The number of hydrogen-bond acceptors (Lipinski definition) is 5. The van der Waals surface area contributed by atoms with Crippen molar-refractivity contribution >= 4 is 34.8 Å². The van der Waals surface area contributed by atoms with Gasteiger partial charge in [0, 0.05) is 29.6 Å². The fourth-order valence-corrected chi connectivity index (χ4v) is 2.64. The molecule has 0 aliphatic heterocycles. The third-order valence-corrected chi connectivity index (χ3v) is 4.03. The Morgan fingerprint density at radius 2 is 1.92 bits per heavy atom. The molecule has 0 saturated heterocycles. The SMILES string of the molecule is CC(OC(=O)CCCNC(=O)c1ccsc1)C(=O)Nc1ccccc1. The first-order chi connectivity index (χ1) is 12.1. The number of benzene rings is 1. The molecule has 6 nitrogen and oxygen atoms in total. The lowest BCUT2D eigenvalue weighted by molar-refractivity contribution is -0.153. The van der Waals surface area contributed by atoms with Crippen LogP contribution in [0.4, 0.5) is 5.69 Å². The molecule has 1 aromatic heterocycles. The fourth-order valence-electron chi connectivity index (χ4n) is 2.01. The lowest BCUT2D eigenvalue weighted by Gasteiger charge is -2.13. The van der Waals surface area contributed by atoms with Crippen molar-refractivity contribution < 1.29 is 19.1 Å². The highest BCUT2D eigenvalue weighted by molar-refractivity contribution is 7.08. The Hall–Kier alpha value is -2.67. The summed E-state index contributed by atoms with van der Waals surface area (Å²) in [5, 5.41) is 8.99. The molecule has 1 atom stereocenters. The zero-order chi connectivity index (χ0) is 18.1. The Bertz CT molecular complexity index is 701. The summed E-state index contributed by atoms with van der Waals surface area (Å²) in [6.45, 7) is 1.89. The number of thiophene rings is 1. The van der Waals surface area contributed by atoms with Crippen LogP contribution in [0, 0.1) is 0 Å². The molecule has 0 aliphatic carbocycles. The van der Waals surface area contributed by atoms with Gasteiger partial charge in [-0.3, -0.25) is 14.4 Å². The van der Waals surface area contributed by atoms with Crippen LogP contribution in [0.25, 0.3) is 0 Å². The van der Waals surface area contributed by atoms with Gasteiger partial charge in [0.15, 0.2) is 6.10 Å². The van der Waals surface area contributed by atoms with E-state index in [1.165, 1.54) is 18.3 Å². The highest BCUT2D eigenvalue weighted by Crippen LogP contribution is 2.08. The van der Waals surface area contributed by atoms with Gasteiger partial charge in [0.1, 0.15) is 0 Å². The molecule has 0 radical (unpaired) electrons. The van der Waals surface area contributed by atoms with Crippen LogP contribution in [-0.4, -0.2) is 30.4 Å². The number of ether oxygens (including phenoxy) is 1. The van der Waals surface area contributed by atoms with Gasteiger partial charge in [0.2, 0.25) is 0 Å². The predicted molar refractivity (Wildman–Crippen MR) is 96.5 cm³/mol. The van der Waals surface area contributed by atoms with Gasteiger partial charge in [-0.15, -0.1) is 0 Å². The minimum absolute atomic E-state index is 0.132. The lowest BCUT2D eigenvalue weighted by Crippen LogP contribution is -2.30. The molecule has 2 amide bonds. The number of amides is 2. The van der Waals surface area contributed by atoms with E-state index in [1.54, 1.807) is 35.7 Å². The maximum Gasteiger partial charge on any atom is 0.306 e. The first-order valence-corrected chi connectivity index (χ1v) is 8.86. The van der Waals surface area contributed by atoms with Gasteiger partial charge in [-0.2, -0.15) is 11.3 Å². The molecule has 2 N–H and O–H groups in total. The van der Waals surface area contributed by atoms with Gasteiger partial charge < -0.3 is 15.4 Å². The Morgan fingerprint density at radius 1 is 1.16 bits per heavy atom. The van der Waals surface area contributed by atoms with E-state index in [0.29, 0.717) is 24.2 Å². The predicted octanol–water partition coefficient (Wildman–Crippen LogP) is 2.83. The highest BCUT2D eigenvalue weighted by Gasteiger charge is 2.17. The molecule has 0 saturated carbocycles. The smallest absolute Gasteiger partial charge is 0.306 e. The van der Waals surface area contributed by atoms with Crippen LogP contribution in [-0.2, 0) is 14.3 Å². The van der Waals surface area contributed by atoms with Gasteiger partial charge in [-0.05, 0) is 36.9 Å². The maximum absolute atomic E-state index is 12.0. The van der Waals surface area contributed by atoms with Crippen LogP contribution in [0.2, 0.25) is 0 Å². The van der Waals surface area contributed by atoms with Crippen LogP contribution in [0.15, 0.2) is 47.2 Å². The quantitative estimate of drug-likeness (QED) is 0.560. The second kappa shape index (κ2) is 9.58. The number of carbonyl (C=O) groups excluding carboxylic acids is 3. The molecule has 0 fully saturated rings. The maximum atomic E-state index is 12.0. The van der Waals surface area contributed by atoms with Crippen LogP contribution >= 0.6 is 11.3 Å². The van der Waals surface area contributed by atoms with Crippen molar-refractivity contribution in [2.45, 2.75) is 25.9 Å². The van der Waals surface area contributed by atoms with Crippen molar-refractivity contribution in [3.63, 3.8) is 0 Å². The second-order valence-electron chi connectivity index (χ2n) is 5.36. The van der Waals surface area contributed by atoms with E-state index in [0.717, 1.165) is 0 Å². The molecule has 7 heteroatoms. The molecule has 25 heavy (non-hydrogen) atoms. The molecule has 0 aliphatic rings. The summed E-state index contributed by atoms with van der Waals surface area (Å²) in [5.74, 6) is -1.02. The molecule has 1 aromatic carbocycles. The Morgan fingerprint density at radius 3 is 2.60 bits per heavy atom. The standard InChI is InChI=1S/C18H20N2O4S/c1-13(17(22)20-15-6-3-2-4-7-15)24-16(21)8-5-10-19-18(23)14-9-11-25-12-14/h2-4,6-7,9,11-13H,5,8,10H2,1H3,(H,19,23)(H,20,22). The van der Waals surface area contributed by atoms with Crippen LogP contribution in [0.5, 0.6) is 0 Å². The first-order valence-electron chi connectivity index (χ1n) is 7.92. The van der Waals surface area contributed by atoms with Crippen LogP contribution < -0.4 is 10.6 Å². The summed E-state index contributed by atoms with van der Waals surface area (Å²) in [4.78, 5) is 35.4. The summed E-state index contributed by atoms with van der Waals surface area (Å²) in [6, 6.07) is 10.7. The molecule has 0 bridgehead atoms. The summed E-state index contributed by atoms with van der Waals surface area (Å²) < 4.78 is 5.10. The number of carbonyl (C=O) groups is 3. The molecule has 1 unspecified atom stereocenters. The van der Waals surface area contributed by atoms with Crippen molar-refractivity contribution in [2.24, 2.45) is 0 Å². The first kappa shape index (κ1) is 18.7. The Labute approximate surface area is 150 Å². The summed E-state index contributed by atoms with van der Waals surface area (Å²) in [7, 11) is 0. The van der Waals surface area contributed by atoms with Crippen molar-refractivity contribution in [2.75, 3.05) is 11.9 Å². The van der Waals surface area contributed by atoms with E-state index in [2.05, 4.69) is 10.6 Å². The highest BCUT2D eigenvalue weighted by atomic mass is 32.1. The fraction of sp³-hybridized carbons (Fsp3) is 0.278. The Balaban J connectivity index is 1.64. The van der Waals surface area contributed by atoms with Crippen molar-refractivity contribution in [1.29, 1.82) is 0 Å². The number of anilines is 1. The number of esters is 1. The monoisotopic (exact) mass is 360 g/mol. The molecule has 2 aromatic rings. The zero-order valence-corrected chi connectivity index (χ0v) is 14.7. The number of hydrogen-bond donors (Lipinski definition) is 2. The van der Waals surface area contributed by atoms with Crippen LogP contribution in [0.1, 0.15) is 30.1 Å². The van der Waals surface area contributed by atoms with E-state index in [4.69, 9.17) is 4.74 Å². The molecule has 1 heterocycles. The number of rotatable bonds is 8. The largest absolute Gasteiger partial charge is 0.453 e. The van der Waals surface area contributed by atoms with Crippen molar-refractivity contribution in [3.8, 4) is 0 Å². The van der Waals surface area contributed by atoms with E-state index in [1.807, 2.05) is 11.4 Å². The van der Waals surface area contributed by atoms with Gasteiger partial charge in [-0.25, -0.2) is 0 Å². The number of para-hydroxylation sites is 1. The second-order valence-corrected chi connectivity index (χ2v) is 6.14. The minimum Gasteiger partial charge on any atom is -0.453 e.